The number of imide groups is 1. The number of benzene rings is 2. The first-order valence-corrected chi connectivity index (χ1v) is 10.3. The Hall–Kier alpha value is -2.91. The van der Waals surface area contributed by atoms with Gasteiger partial charge in [-0.2, -0.15) is 8.78 Å². The van der Waals surface area contributed by atoms with Crippen molar-refractivity contribution in [3.63, 3.8) is 0 Å². The summed E-state index contributed by atoms with van der Waals surface area (Å²) in [5.41, 5.74) is -0.280. The van der Waals surface area contributed by atoms with E-state index >= 15 is 0 Å². The van der Waals surface area contributed by atoms with Crippen LogP contribution in [0.2, 0.25) is 10.0 Å². The number of nitrogens with one attached hydrogen (secondary N) is 2. The predicted octanol–water partition coefficient (Wildman–Crippen LogP) is 3.72. The van der Waals surface area contributed by atoms with Gasteiger partial charge in [-0.25, -0.2) is 4.79 Å². The molecule has 0 radical (unpaired) electrons. The van der Waals surface area contributed by atoms with E-state index in [4.69, 9.17) is 23.2 Å². The molecule has 2 N–H and O–H groups in total. The average Bonchev–Trinajstić information content (AvgIpc) is 2.92. The second-order valence-electron chi connectivity index (χ2n) is 7.19. The molecule has 0 aliphatic carbocycles. The highest BCUT2D eigenvalue weighted by Gasteiger charge is 2.50. The lowest BCUT2D eigenvalue weighted by atomic mass is 9.92. The SMILES string of the molecule is CC1(c2ccc(Cl)cc2Cl)NC(=O)N(CC(=O)NCCc2ccc(OC(F)F)cc2)C1=O. The van der Waals surface area contributed by atoms with Gasteiger partial charge in [0.2, 0.25) is 5.91 Å². The molecule has 1 saturated heterocycles. The van der Waals surface area contributed by atoms with Crippen LogP contribution in [0.3, 0.4) is 0 Å². The molecule has 2 aromatic carbocycles. The molecule has 1 aliphatic rings. The Labute approximate surface area is 192 Å². The van der Waals surface area contributed by atoms with Gasteiger partial charge in [0.05, 0.1) is 0 Å². The minimum absolute atomic E-state index is 0.0372. The summed E-state index contributed by atoms with van der Waals surface area (Å²) in [7, 11) is 0. The first kappa shape index (κ1) is 23.7. The normalized spacial score (nSPS) is 18.1. The van der Waals surface area contributed by atoms with Gasteiger partial charge in [0.1, 0.15) is 17.8 Å². The van der Waals surface area contributed by atoms with Crippen molar-refractivity contribution in [2.24, 2.45) is 0 Å². The molecule has 0 aromatic heterocycles. The number of alkyl halides is 2. The third kappa shape index (κ3) is 5.28. The molecule has 1 aliphatic heterocycles. The van der Waals surface area contributed by atoms with Gasteiger partial charge in [0, 0.05) is 22.2 Å². The van der Waals surface area contributed by atoms with Crippen LogP contribution in [0.4, 0.5) is 13.6 Å². The summed E-state index contributed by atoms with van der Waals surface area (Å²) < 4.78 is 28.6. The number of carbonyl (C=O) groups excluding carboxylic acids is 3. The molecule has 1 unspecified atom stereocenters. The lowest BCUT2D eigenvalue weighted by Gasteiger charge is -2.23. The quantitative estimate of drug-likeness (QED) is 0.557. The van der Waals surface area contributed by atoms with Crippen molar-refractivity contribution in [1.29, 1.82) is 0 Å². The summed E-state index contributed by atoms with van der Waals surface area (Å²) in [5.74, 6) is -1.11. The molecule has 170 valence electrons. The Morgan fingerprint density at radius 2 is 1.88 bits per heavy atom. The molecular weight excluding hydrogens is 467 g/mol. The zero-order chi connectivity index (χ0) is 23.5. The van der Waals surface area contributed by atoms with Gasteiger partial charge in [0.15, 0.2) is 0 Å². The van der Waals surface area contributed by atoms with Crippen LogP contribution < -0.4 is 15.4 Å². The molecule has 0 bridgehead atoms. The number of amides is 4. The summed E-state index contributed by atoms with van der Waals surface area (Å²) in [6.45, 7) is -1.64. The van der Waals surface area contributed by atoms with Crippen LogP contribution in [-0.2, 0) is 21.5 Å². The number of urea groups is 1. The van der Waals surface area contributed by atoms with Gasteiger partial charge < -0.3 is 15.4 Å². The van der Waals surface area contributed by atoms with Crippen molar-refractivity contribution in [3.05, 3.63) is 63.6 Å². The Bertz CT molecular complexity index is 1040. The predicted molar refractivity (Wildman–Crippen MR) is 114 cm³/mol. The molecule has 1 atom stereocenters. The first-order valence-electron chi connectivity index (χ1n) is 9.50. The zero-order valence-corrected chi connectivity index (χ0v) is 18.3. The fourth-order valence-corrected chi connectivity index (χ4v) is 3.90. The van der Waals surface area contributed by atoms with Gasteiger partial charge in [0.25, 0.3) is 5.91 Å². The van der Waals surface area contributed by atoms with E-state index in [-0.39, 0.29) is 17.3 Å². The Balaban J connectivity index is 1.56. The molecule has 32 heavy (non-hydrogen) atoms. The second kappa shape index (κ2) is 9.70. The third-order valence-corrected chi connectivity index (χ3v) is 5.48. The number of ether oxygens (including phenoxy) is 1. The topological polar surface area (TPSA) is 87.7 Å². The van der Waals surface area contributed by atoms with E-state index in [1.54, 1.807) is 24.3 Å². The van der Waals surface area contributed by atoms with Crippen molar-refractivity contribution in [2.75, 3.05) is 13.1 Å². The molecule has 4 amide bonds. The number of halogens is 4. The average molecular weight is 486 g/mol. The largest absolute Gasteiger partial charge is 0.435 e. The summed E-state index contributed by atoms with van der Waals surface area (Å²) in [5, 5.41) is 5.80. The van der Waals surface area contributed by atoms with E-state index in [1.165, 1.54) is 25.1 Å². The molecule has 0 saturated carbocycles. The lowest BCUT2D eigenvalue weighted by Crippen LogP contribution is -2.43. The number of nitrogens with zero attached hydrogens (tertiary/aromatic N) is 1. The highest BCUT2D eigenvalue weighted by molar-refractivity contribution is 6.35. The van der Waals surface area contributed by atoms with Gasteiger partial charge in [-0.3, -0.25) is 14.5 Å². The molecule has 7 nitrogen and oxygen atoms in total. The minimum Gasteiger partial charge on any atom is -0.435 e. The molecule has 1 heterocycles. The maximum Gasteiger partial charge on any atom is 0.387 e. The van der Waals surface area contributed by atoms with Crippen molar-refractivity contribution in [1.82, 2.24) is 15.5 Å². The zero-order valence-electron chi connectivity index (χ0n) is 16.8. The van der Waals surface area contributed by atoms with Crippen LogP contribution in [0, 0.1) is 0 Å². The summed E-state index contributed by atoms with van der Waals surface area (Å²) in [6, 6.07) is 9.85. The molecule has 0 spiro atoms. The van der Waals surface area contributed by atoms with Crippen molar-refractivity contribution >= 4 is 41.0 Å². The molecule has 1 fully saturated rings. The van der Waals surface area contributed by atoms with Crippen molar-refractivity contribution in [3.8, 4) is 5.75 Å². The highest BCUT2D eigenvalue weighted by atomic mass is 35.5. The van der Waals surface area contributed by atoms with E-state index in [2.05, 4.69) is 15.4 Å². The van der Waals surface area contributed by atoms with Crippen LogP contribution >= 0.6 is 23.2 Å². The maximum atomic E-state index is 12.9. The molecule has 11 heteroatoms. The van der Waals surface area contributed by atoms with Gasteiger partial charge in [-0.05, 0) is 43.2 Å². The Morgan fingerprint density at radius 1 is 1.19 bits per heavy atom. The fraction of sp³-hybridized carbons (Fsp3) is 0.286. The van der Waals surface area contributed by atoms with Crippen LogP contribution in [0.15, 0.2) is 42.5 Å². The van der Waals surface area contributed by atoms with E-state index in [0.29, 0.717) is 17.0 Å². The van der Waals surface area contributed by atoms with E-state index in [9.17, 15) is 23.2 Å². The number of hydrogen-bond acceptors (Lipinski definition) is 4. The van der Waals surface area contributed by atoms with Crippen molar-refractivity contribution < 1.29 is 27.9 Å². The van der Waals surface area contributed by atoms with Gasteiger partial charge in [-0.15, -0.1) is 0 Å². The minimum atomic E-state index is -2.90. The van der Waals surface area contributed by atoms with E-state index < -0.39 is 36.5 Å². The van der Waals surface area contributed by atoms with Gasteiger partial charge >= 0.3 is 12.6 Å². The number of rotatable bonds is 8. The summed E-state index contributed by atoms with van der Waals surface area (Å²) >= 11 is 12.1. The Kier molecular flexibility index (Phi) is 7.20. The maximum absolute atomic E-state index is 12.9. The monoisotopic (exact) mass is 485 g/mol. The lowest BCUT2D eigenvalue weighted by molar-refractivity contribution is -0.134. The van der Waals surface area contributed by atoms with Crippen molar-refractivity contribution in [2.45, 2.75) is 25.5 Å². The number of hydrogen-bond donors (Lipinski definition) is 2. The van der Waals surface area contributed by atoms with Gasteiger partial charge in [-0.1, -0.05) is 41.4 Å². The summed E-state index contributed by atoms with van der Waals surface area (Å²) in [4.78, 5) is 38.4. The van der Waals surface area contributed by atoms with E-state index in [0.717, 1.165) is 10.5 Å². The molecular formula is C21H19Cl2F2N3O4. The van der Waals surface area contributed by atoms with Crippen LogP contribution in [0.5, 0.6) is 5.75 Å². The highest BCUT2D eigenvalue weighted by Crippen LogP contribution is 2.34. The smallest absolute Gasteiger partial charge is 0.387 e. The molecule has 3 rings (SSSR count). The molecule has 2 aromatic rings. The number of carbonyl (C=O) groups is 3. The second-order valence-corrected chi connectivity index (χ2v) is 8.04. The third-order valence-electron chi connectivity index (χ3n) is 4.93. The van der Waals surface area contributed by atoms with E-state index in [1.807, 2.05) is 0 Å². The Morgan fingerprint density at radius 3 is 2.50 bits per heavy atom. The van der Waals surface area contributed by atoms with Crippen LogP contribution in [0.25, 0.3) is 0 Å². The van der Waals surface area contributed by atoms with Crippen LogP contribution in [-0.4, -0.2) is 42.4 Å². The summed E-state index contributed by atoms with van der Waals surface area (Å²) in [6.07, 6.45) is 0.416. The fourth-order valence-electron chi connectivity index (χ4n) is 3.30. The van der Waals surface area contributed by atoms with Crippen LogP contribution in [0.1, 0.15) is 18.1 Å². The standard InChI is InChI=1S/C21H19Cl2F2N3O4/c1-21(15-7-4-13(22)10-16(15)23)18(30)28(20(31)27-21)11-17(29)26-9-8-12-2-5-14(6-3-12)32-19(24)25/h2-7,10,19H,8-9,11H2,1H3,(H,26,29)(H,27,31). The first-order chi connectivity index (χ1) is 15.1.